The van der Waals surface area contributed by atoms with Gasteiger partial charge in [0.25, 0.3) is 0 Å². The van der Waals surface area contributed by atoms with E-state index in [1.54, 1.807) is 17.5 Å². The van der Waals surface area contributed by atoms with Gasteiger partial charge in [-0.1, -0.05) is 6.07 Å². The van der Waals surface area contributed by atoms with Gasteiger partial charge in [0.1, 0.15) is 11.7 Å². The molecule has 5 nitrogen and oxygen atoms in total. The summed E-state index contributed by atoms with van der Waals surface area (Å²) >= 11 is 7.21. The Balaban J connectivity index is 1.67. The zero-order valence-corrected chi connectivity index (χ0v) is 13.6. The van der Waals surface area contributed by atoms with Gasteiger partial charge in [-0.25, -0.2) is 9.97 Å². The van der Waals surface area contributed by atoms with E-state index in [0.29, 0.717) is 6.54 Å². The van der Waals surface area contributed by atoms with Crippen LogP contribution in [0.4, 0.5) is 10.9 Å². The number of rotatable bonds is 4. The highest BCUT2D eigenvalue weighted by Gasteiger charge is 2.25. The van der Waals surface area contributed by atoms with Crippen LogP contribution in [0.5, 0.6) is 0 Å². The monoisotopic (exact) mass is 336 g/mol. The number of pyridine rings is 1. The van der Waals surface area contributed by atoms with E-state index in [9.17, 15) is 4.79 Å². The second-order valence-electron chi connectivity index (χ2n) is 5.23. The summed E-state index contributed by atoms with van der Waals surface area (Å²) in [4.78, 5) is 22.5. The Bertz CT molecular complexity index is 633. The van der Waals surface area contributed by atoms with E-state index in [2.05, 4.69) is 20.7 Å². The molecule has 7 heteroatoms. The second-order valence-corrected chi connectivity index (χ2v) is 6.36. The minimum atomic E-state index is 0.00781. The molecule has 1 N–H and O–H groups in total. The number of aromatic nitrogens is 2. The van der Waals surface area contributed by atoms with Gasteiger partial charge in [-0.3, -0.25) is 4.79 Å². The van der Waals surface area contributed by atoms with Crippen LogP contribution in [0.2, 0.25) is 0 Å². The second kappa shape index (κ2) is 7.07. The fraction of sp³-hybridized carbons (Fsp3) is 0.400. The molecule has 0 bridgehead atoms. The van der Waals surface area contributed by atoms with Crippen LogP contribution in [-0.2, 0) is 4.79 Å². The number of thiazole rings is 1. The number of halogens is 1. The summed E-state index contributed by atoms with van der Waals surface area (Å²) in [5.74, 6) is 1.13. The molecular formula is C15H17ClN4OS. The number of alkyl halides is 1. The average molecular weight is 337 g/mol. The molecule has 0 spiro atoms. The Hall–Kier alpha value is -1.66. The van der Waals surface area contributed by atoms with Gasteiger partial charge >= 0.3 is 0 Å². The highest BCUT2D eigenvalue weighted by Crippen LogP contribution is 2.30. The molecule has 1 saturated heterocycles. The number of hydrogen-bond donors (Lipinski definition) is 1. The third-order valence-corrected chi connectivity index (χ3v) is 4.73. The van der Waals surface area contributed by atoms with Crippen LogP contribution in [0.3, 0.4) is 0 Å². The Morgan fingerprint density at radius 3 is 3.18 bits per heavy atom. The van der Waals surface area contributed by atoms with E-state index in [-0.39, 0.29) is 17.7 Å². The molecular weight excluding hydrogens is 320 g/mol. The average Bonchev–Trinajstić information content (AvgIpc) is 3.04. The van der Waals surface area contributed by atoms with Crippen LogP contribution in [0, 0.1) is 0 Å². The van der Waals surface area contributed by atoms with Crippen LogP contribution >= 0.6 is 22.9 Å². The number of carbonyl (C=O) groups is 1. The number of nitrogens with one attached hydrogen (secondary N) is 1. The molecule has 22 heavy (non-hydrogen) atoms. The van der Waals surface area contributed by atoms with Gasteiger partial charge in [0.05, 0.1) is 5.69 Å². The topological polar surface area (TPSA) is 58.1 Å². The third kappa shape index (κ3) is 3.56. The first-order chi connectivity index (χ1) is 10.8. The summed E-state index contributed by atoms with van der Waals surface area (Å²) in [6, 6.07) is 5.71. The van der Waals surface area contributed by atoms with E-state index >= 15 is 0 Å². The van der Waals surface area contributed by atoms with Crippen LogP contribution in [0.15, 0.2) is 29.8 Å². The molecule has 1 aliphatic heterocycles. The predicted octanol–water partition coefficient (Wildman–Crippen LogP) is 3.23. The van der Waals surface area contributed by atoms with Crippen molar-refractivity contribution in [2.75, 3.05) is 24.3 Å². The lowest BCUT2D eigenvalue weighted by Crippen LogP contribution is -2.39. The standard InChI is InChI=1S/C15H17ClN4OS/c16-8-14(21)20-7-3-4-11(9-20)12-10-22-15(18-12)19-13-5-1-2-6-17-13/h1-2,5-6,10-11H,3-4,7-9H2,(H,17,18,19). The minimum absolute atomic E-state index is 0.00781. The molecule has 1 fully saturated rings. The van der Waals surface area contributed by atoms with Crippen molar-refractivity contribution >= 4 is 39.8 Å². The fourth-order valence-electron chi connectivity index (χ4n) is 2.61. The summed E-state index contributed by atoms with van der Waals surface area (Å²) in [6.07, 6.45) is 3.79. The Kier molecular flexibility index (Phi) is 4.90. The van der Waals surface area contributed by atoms with Crippen molar-refractivity contribution in [3.8, 4) is 0 Å². The molecule has 2 aromatic heterocycles. The van der Waals surface area contributed by atoms with Crippen LogP contribution in [0.25, 0.3) is 0 Å². The Labute approximate surface area is 138 Å². The molecule has 1 aliphatic rings. The van der Waals surface area contributed by atoms with E-state index in [4.69, 9.17) is 11.6 Å². The van der Waals surface area contributed by atoms with Crippen LogP contribution in [0.1, 0.15) is 24.5 Å². The number of piperidine rings is 1. The van der Waals surface area contributed by atoms with Gasteiger partial charge in [0, 0.05) is 30.6 Å². The van der Waals surface area contributed by atoms with Crippen molar-refractivity contribution in [1.29, 1.82) is 0 Å². The van der Waals surface area contributed by atoms with Gasteiger partial charge < -0.3 is 10.2 Å². The van der Waals surface area contributed by atoms with Crippen molar-refractivity contribution < 1.29 is 4.79 Å². The zero-order chi connectivity index (χ0) is 15.4. The van der Waals surface area contributed by atoms with Crippen molar-refractivity contribution in [2.45, 2.75) is 18.8 Å². The third-order valence-electron chi connectivity index (χ3n) is 3.73. The van der Waals surface area contributed by atoms with Crippen molar-refractivity contribution in [2.24, 2.45) is 0 Å². The number of carbonyl (C=O) groups excluding carboxylic acids is 1. The molecule has 1 amide bonds. The molecule has 3 rings (SSSR count). The molecule has 0 radical (unpaired) electrons. The molecule has 116 valence electrons. The smallest absolute Gasteiger partial charge is 0.237 e. The lowest BCUT2D eigenvalue weighted by Gasteiger charge is -2.31. The molecule has 1 unspecified atom stereocenters. The number of likely N-dealkylation sites (tertiary alicyclic amines) is 1. The largest absolute Gasteiger partial charge is 0.341 e. The molecule has 3 heterocycles. The number of nitrogens with zero attached hydrogens (tertiary/aromatic N) is 3. The van der Waals surface area contributed by atoms with Gasteiger partial charge in [-0.15, -0.1) is 22.9 Å². The first-order valence-electron chi connectivity index (χ1n) is 7.23. The van der Waals surface area contributed by atoms with Gasteiger partial charge in [0.2, 0.25) is 5.91 Å². The number of hydrogen-bond acceptors (Lipinski definition) is 5. The first kappa shape index (κ1) is 15.2. The predicted molar refractivity (Wildman–Crippen MR) is 88.9 cm³/mol. The summed E-state index contributed by atoms with van der Waals surface area (Å²) in [6.45, 7) is 1.50. The summed E-state index contributed by atoms with van der Waals surface area (Å²) in [7, 11) is 0. The van der Waals surface area contributed by atoms with E-state index in [1.807, 2.05) is 23.1 Å². The van der Waals surface area contributed by atoms with Gasteiger partial charge in [-0.05, 0) is 25.0 Å². The van der Waals surface area contributed by atoms with Gasteiger partial charge in [0.15, 0.2) is 5.13 Å². The lowest BCUT2D eigenvalue weighted by atomic mass is 9.95. The number of amides is 1. The van der Waals surface area contributed by atoms with E-state index < -0.39 is 0 Å². The summed E-state index contributed by atoms with van der Waals surface area (Å²) < 4.78 is 0. The minimum Gasteiger partial charge on any atom is -0.341 e. The fourth-order valence-corrected chi connectivity index (χ4v) is 3.58. The Morgan fingerprint density at radius 1 is 1.50 bits per heavy atom. The normalized spacial score (nSPS) is 18.2. The maximum Gasteiger partial charge on any atom is 0.237 e. The van der Waals surface area contributed by atoms with Crippen molar-refractivity contribution in [3.63, 3.8) is 0 Å². The van der Waals surface area contributed by atoms with E-state index in [1.165, 1.54) is 0 Å². The highest BCUT2D eigenvalue weighted by atomic mass is 35.5. The van der Waals surface area contributed by atoms with Crippen molar-refractivity contribution in [3.05, 3.63) is 35.5 Å². The quantitative estimate of drug-likeness (QED) is 0.871. The van der Waals surface area contributed by atoms with Crippen LogP contribution < -0.4 is 5.32 Å². The van der Waals surface area contributed by atoms with Crippen molar-refractivity contribution in [1.82, 2.24) is 14.9 Å². The summed E-state index contributed by atoms with van der Waals surface area (Å²) in [5, 5.41) is 6.09. The molecule has 0 saturated carbocycles. The molecule has 0 aliphatic carbocycles. The van der Waals surface area contributed by atoms with Crippen LogP contribution in [-0.4, -0.2) is 39.7 Å². The van der Waals surface area contributed by atoms with E-state index in [0.717, 1.165) is 36.0 Å². The highest BCUT2D eigenvalue weighted by molar-refractivity contribution is 7.13. The van der Waals surface area contributed by atoms with Gasteiger partial charge in [-0.2, -0.15) is 0 Å². The lowest BCUT2D eigenvalue weighted by molar-refractivity contribution is -0.129. The molecule has 1 atom stereocenters. The maximum absolute atomic E-state index is 11.7. The zero-order valence-electron chi connectivity index (χ0n) is 12.0. The molecule has 2 aromatic rings. The first-order valence-corrected chi connectivity index (χ1v) is 8.65. The Morgan fingerprint density at radius 2 is 2.41 bits per heavy atom. The number of anilines is 2. The SMILES string of the molecule is O=C(CCl)N1CCCC(c2csc(Nc3ccccn3)n2)C1. The summed E-state index contributed by atoms with van der Waals surface area (Å²) in [5.41, 5.74) is 1.04. The maximum atomic E-state index is 11.7. The molecule has 0 aromatic carbocycles.